The van der Waals surface area contributed by atoms with E-state index >= 15 is 0 Å². The summed E-state index contributed by atoms with van der Waals surface area (Å²) in [6.07, 6.45) is 1.51. The van der Waals surface area contributed by atoms with Crippen LogP contribution in [0.3, 0.4) is 0 Å². The second-order valence-corrected chi connectivity index (χ2v) is 5.64. The highest BCUT2D eigenvalue weighted by Gasteiger charge is 2.30. The highest BCUT2D eigenvalue weighted by molar-refractivity contribution is 6.04. The molecule has 126 valence electrons. The maximum atomic E-state index is 12.9. The summed E-state index contributed by atoms with van der Waals surface area (Å²) in [6.45, 7) is 5.08. The molecule has 1 aliphatic heterocycles. The minimum Gasteiger partial charge on any atom is -0.382 e. The number of carbonyl (C=O) groups is 1. The topological polar surface area (TPSA) is 68.5 Å². The van der Waals surface area contributed by atoms with Crippen LogP contribution in [0.4, 0.5) is 4.39 Å². The minimum atomic E-state index is -0.648. The molecule has 0 fully saturated rings. The number of nitrogens with one attached hydrogen (secondary N) is 1. The van der Waals surface area contributed by atoms with E-state index in [4.69, 9.17) is 4.84 Å². The minimum absolute atomic E-state index is 0.237. The SMILES string of the molecule is CCn1ncc(C2=NO[C@H](C(=O)NCc3ccc(F)cc3)C2)c1C. The van der Waals surface area contributed by atoms with Crippen molar-refractivity contribution in [3.8, 4) is 0 Å². The molecule has 0 radical (unpaired) electrons. The van der Waals surface area contributed by atoms with Gasteiger partial charge in [0.25, 0.3) is 5.91 Å². The number of hydrogen-bond acceptors (Lipinski definition) is 4. The van der Waals surface area contributed by atoms with Crippen LogP contribution < -0.4 is 5.32 Å². The Morgan fingerprint density at radius 3 is 2.83 bits per heavy atom. The Morgan fingerprint density at radius 1 is 1.42 bits per heavy atom. The predicted molar refractivity (Wildman–Crippen MR) is 86.9 cm³/mol. The van der Waals surface area contributed by atoms with Gasteiger partial charge in [0.1, 0.15) is 5.82 Å². The van der Waals surface area contributed by atoms with Crippen LogP contribution in [0, 0.1) is 12.7 Å². The Balaban J connectivity index is 1.57. The molecule has 0 bridgehead atoms. The van der Waals surface area contributed by atoms with Gasteiger partial charge >= 0.3 is 0 Å². The van der Waals surface area contributed by atoms with Crippen molar-refractivity contribution in [1.82, 2.24) is 15.1 Å². The Kier molecular flexibility index (Phi) is 4.59. The summed E-state index contributed by atoms with van der Waals surface area (Å²) in [5, 5.41) is 11.1. The zero-order valence-electron chi connectivity index (χ0n) is 13.6. The molecule has 6 nitrogen and oxygen atoms in total. The number of aromatic nitrogens is 2. The first kappa shape index (κ1) is 16.2. The van der Waals surface area contributed by atoms with Gasteiger partial charge in [0.05, 0.1) is 11.9 Å². The molecule has 2 aromatic rings. The van der Waals surface area contributed by atoms with Crippen LogP contribution in [0.1, 0.15) is 30.2 Å². The van der Waals surface area contributed by atoms with E-state index in [1.165, 1.54) is 12.1 Å². The van der Waals surface area contributed by atoms with Gasteiger partial charge in [-0.15, -0.1) is 0 Å². The Hall–Kier alpha value is -2.70. The fourth-order valence-corrected chi connectivity index (χ4v) is 2.63. The smallest absolute Gasteiger partial charge is 0.264 e. The van der Waals surface area contributed by atoms with E-state index in [1.54, 1.807) is 18.3 Å². The van der Waals surface area contributed by atoms with Crippen molar-refractivity contribution in [3.05, 3.63) is 53.1 Å². The lowest BCUT2D eigenvalue weighted by molar-refractivity contribution is -0.131. The number of rotatable bonds is 5. The van der Waals surface area contributed by atoms with E-state index < -0.39 is 6.10 Å². The van der Waals surface area contributed by atoms with Gasteiger partial charge in [0.2, 0.25) is 6.10 Å². The summed E-state index contributed by atoms with van der Waals surface area (Å²) in [5.74, 6) is -0.538. The number of benzene rings is 1. The predicted octanol–water partition coefficient (Wildman–Crippen LogP) is 2.16. The molecule has 0 saturated carbocycles. The largest absolute Gasteiger partial charge is 0.382 e. The van der Waals surface area contributed by atoms with Crippen molar-refractivity contribution in [3.63, 3.8) is 0 Å². The Morgan fingerprint density at radius 2 is 2.17 bits per heavy atom. The van der Waals surface area contributed by atoms with Crippen molar-refractivity contribution in [1.29, 1.82) is 0 Å². The molecule has 24 heavy (non-hydrogen) atoms. The fraction of sp³-hybridized carbons (Fsp3) is 0.353. The lowest BCUT2D eigenvalue weighted by Crippen LogP contribution is -2.34. The molecular formula is C17H19FN4O2. The molecule has 1 aromatic carbocycles. The van der Waals surface area contributed by atoms with Gasteiger partial charge in [-0.3, -0.25) is 9.48 Å². The van der Waals surface area contributed by atoms with Gasteiger partial charge in [-0.1, -0.05) is 17.3 Å². The van der Waals surface area contributed by atoms with Gasteiger partial charge in [-0.05, 0) is 31.5 Å². The molecule has 7 heteroatoms. The summed E-state index contributed by atoms with van der Waals surface area (Å²) in [7, 11) is 0. The lowest BCUT2D eigenvalue weighted by atomic mass is 10.1. The normalized spacial score (nSPS) is 16.6. The molecule has 0 unspecified atom stereocenters. The first-order chi connectivity index (χ1) is 11.6. The van der Waals surface area contributed by atoms with Gasteiger partial charge in [0, 0.05) is 30.8 Å². The fourth-order valence-electron chi connectivity index (χ4n) is 2.63. The summed E-state index contributed by atoms with van der Waals surface area (Å²) in [4.78, 5) is 17.5. The number of hydrogen-bond donors (Lipinski definition) is 1. The average Bonchev–Trinajstić information content (AvgIpc) is 3.20. The van der Waals surface area contributed by atoms with E-state index in [2.05, 4.69) is 15.6 Å². The second-order valence-electron chi connectivity index (χ2n) is 5.64. The summed E-state index contributed by atoms with van der Waals surface area (Å²) in [5.41, 5.74) is 3.47. The molecule has 1 atom stereocenters. The number of oxime groups is 1. The van der Waals surface area contributed by atoms with Gasteiger partial charge in [0.15, 0.2) is 0 Å². The monoisotopic (exact) mass is 330 g/mol. The summed E-state index contributed by atoms with van der Waals surface area (Å²) in [6, 6.07) is 6.00. The zero-order valence-corrected chi connectivity index (χ0v) is 13.6. The van der Waals surface area contributed by atoms with E-state index in [-0.39, 0.29) is 11.7 Å². The van der Waals surface area contributed by atoms with Crippen molar-refractivity contribution < 1.29 is 14.0 Å². The van der Waals surface area contributed by atoms with Crippen LogP contribution in [0.2, 0.25) is 0 Å². The highest BCUT2D eigenvalue weighted by atomic mass is 19.1. The molecule has 1 amide bonds. The molecule has 1 aliphatic rings. The van der Waals surface area contributed by atoms with Crippen LogP contribution in [0.15, 0.2) is 35.6 Å². The molecule has 0 spiro atoms. The maximum Gasteiger partial charge on any atom is 0.264 e. The number of aryl methyl sites for hydroxylation is 1. The summed E-state index contributed by atoms with van der Waals surface area (Å²) >= 11 is 0. The molecule has 1 N–H and O–H groups in total. The van der Waals surface area contributed by atoms with E-state index in [0.717, 1.165) is 29.1 Å². The van der Waals surface area contributed by atoms with E-state index in [9.17, 15) is 9.18 Å². The van der Waals surface area contributed by atoms with Crippen molar-refractivity contribution in [2.75, 3.05) is 0 Å². The van der Waals surface area contributed by atoms with Gasteiger partial charge < -0.3 is 10.2 Å². The van der Waals surface area contributed by atoms with Gasteiger partial charge in [-0.25, -0.2) is 4.39 Å². The first-order valence-electron chi connectivity index (χ1n) is 7.86. The molecule has 3 rings (SSSR count). The quantitative estimate of drug-likeness (QED) is 0.913. The number of nitrogens with zero attached hydrogens (tertiary/aromatic N) is 3. The van der Waals surface area contributed by atoms with Crippen molar-refractivity contribution in [2.45, 2.75) is 39.5 Å². The number of amides is 1. The maximum absolute atomic E-state index is 12.9. The molecule has 0 aliphatic carbocycles. The van der Waals surface area contributed by atoms with Gasteiger partial charge in [-0.2, -0.15) is 5.10 Å². The molecular weight excluding hydrogens is 311 g/mol. The zero-order chi connectivity index (χ0) is 17.1. The second kappa shape index (κ2) is 6.82. The van der Waals surface area contributed by atoms with Crippen LogP contribution >= 0.6 is 0 Å². The number of carbonyl (C=O) groups excluding carboxylic acids is 1. The highest BCUT2D eigenvalue weighted by Crippen LogP contribution is 2.19. The van der Waals surface area contributed by atoms with E-state index in [1.807, 2.05) is 18.5 Å². The van der Waals surface area contributed by atoms with Crippen LogP contribution in [0.5, 0.6) is 0 Å². The Labute approximate surface area is 139 Å². The average molecular weight is 330 g/mol. The van der Waals surface area contributed by atoms with Crippen molar-refractivity contribution in [2.24, 2.45) is 5.16 Å². The van der Waals surface area contributed by atoms with Crippen LogP contribution in [-0.2, 0) is 22.7 Å². The Bertz CT molecular complexity index is 767. The lowest BCUT2D eigenvalue weighted by Gasteiger charge is -2.09. The standard InChI is InChI=1S/C17H19FN4O2/c1-3-22-11(2)14(10-20-22)15-8-16(24-21-15)17(23)19-9-12-4-6-13(18)7-5-12/h4-7,10,16H,3,8-9H2,1-2H3,(H,19,23)/t16-/m0/s1. The third-order valence-corrected chi connectivity index (χ3v) is 4.05. The third-order valence-electron chi connectivity index (χ3n) is 4.05. The van der Waals surface area contributed by atoms with Crippen LogP contribution in [0.25, 0.3) is 0 Å². The van der Waals surface area contributed by atoms with E-state index in [0.29, 0.717) is 13.0 Å². The number of halogens is 1. The summed E-state index contributed by atoms with van der Waals surface area (Å²) < 4.78 is 14.7. The first-order valence-corrected chi connectivity index (χ1v) is 7.86. The van der Waals surface area contributed by atoms with Crippen molar-refractivity contribution >= 4 is 11.6 Å². The molecule has 2 heterocycles. The molecule has 1 aromatic heterocycles. The third kappa shape index (κ3) is 3.29. The molecule has 0 saturated heterocycles. The van der Waals surface area contributed by atoms with Crippen LogP contribution in [-0.4, -0.2) is 27.5 Å².